The number of benzene rings is 1. The molecule has 1 aromatic carbocycles. The zero-order valence-electron chi connectivity index (χ0n) is 11.9. The number of rotatable bonds is 5. The van der Waals surface area contributed by atoms with Crippen LogP contribution < -0.4 is 5.32 Å². The SMILES string of the molecule is C[C@H](OC(=O)c1cc(F)c(Cl)cc1Cl)C(=O)NCc1cccs1. The van der Waals surface area contributed by atoms with Crippen LogP contribution in [0.25, 0.3) is 0 Å². The van der Waals surface area contributed by atoms with Crippen LogP contribution >= 0.6 is 34.5 Å². The maximum absolute atomic E-state index is 13.4. The van der Waals surface area contributed by atoms with Crippen molar-refractivity contribution in [3.05, 3.63) is 55.9 Å². The molecular formula is C15H12Cl2FNO3S. The minimum Gasteiger partial charge on any atom is -0.449 e. The predicted octanol–water partition coefficient (Wildman–Crippen LogP) is 4.06. The summed E-state index contributed by atoms with van der Waals surface area (Å²) in [6, 6.07) is 5.73. The molecule has 2 aromatic rings. The van der Waals surface area contributed by atoms with Gasteiger partial charge in [-0.1, -0.05) is 29.3 Å². The van der Waals surface area contributed by atoms with Gasteiger partial charge in [-0.3, -0.25) is 4.79 Å². The van der Waals surface area contributed by atoms with Gasteiger partial charge in [0.25, 0.3) is 5.91 Å². The van der Waals surface area contributed by atoms with Crippen molar-refractivity contribution >= 4 is 46.4 Å². The number of nitrogens with one attached hydrogen (secondary N) is 1. The fourth-order valence-corrected chi connectivity index (χ4v) is 2.79. The van der Waals surface area contributed by atoms with Crippen molar-refractivity contribution in [3.63, 3.8) is 0 Å². The molecule has 0 saturated heterocycles. The molecule has 23 heavy (non-hydrogen) atoms. The highest BCUT2D eigenvalue weighted by molar-refractivity contribution is 7.09. The molecule has 2 rings (SSSR count). The maximum Gasteiger partial charge on any atom is 0.340 e. The lowest BCUT2D eigenvalue weighted by Gasteiger charge is -2.14. The lowest BCUT2D eigenvalue weighted by atomic mass is 10.2. The molecule has 0 fully saturated rings. The van der Waals surface area contributed by atoms with Gasteiger partial charge in [-0.05, 0) is 30.5 Å². The molecule has 1 N–H and O–H groups in total. The Bertz CT molecular complexity index is 722. The molecule has 0 spiro atoms. The van der Waals surface area contributed by atoms with Gasteiger partial charge in [0.2, 0.25) is 0 Å². The first-order chi connectivity index (χ1) is 10.9. The summed E-state index contributed by atoms with van der Waals surface area (Å²) in [5.74, 6) is -2.15. The first-order valence-electron chi connectivity index (χ1n) is 6.54. The fourth-order valence-electron chi connectivity index (χ4n) is 1.69. The third kappa shape index (κ3) is 4.67. The summed E-state index contributed by atoms with van der Waals surface area (Å²) < 4.78 is 18.4. The summed E-state index contributed by atoms with van der Waals surface area (Å²) in [4.78, 5) is 24.9. The summed E-state index contributed by atoms with van der Waals surface area (Å²) >= 11 is 12.9. The summed E-state index contributed by atoms with van der Waals surface area (Å²) in [5.41, 5.74) is -0.188. The number of carbonyl (C=O) groups excluding carboxylic acids is 2. The Morgan fingerprint density at radius 2 is 2.09 bits per heavy atom. The van der Waals surface area contributed by atoms with Gasteiger partial charge in [-0.15, -0.1) is 11.3 Å². The minimum atomic E-state index is -1.04. The molecular weight excluding hydrogens is 364 g/mol. The molecule has 1 heterocycles. The van der Waals surface area contributed by atoms with E-state index in [-0.39, 0.29) is 15.6 Å². The van der Waals surface area contributed by atoms with Crippen molar-refractivity contribution in [2.45, 2.75) is 19.6 Å². The van der Waals surface area contributed by atoms with Gasteiger partial charge in [0.15, 0.2) is 6.10 Å². The van der Waals surface area contributed by atoms with Crippen LogP contribution in [0.1, 0.15) is 22.2 Å². The summed E-state index contributed by atoms with van der Waals surface area (Å²) in [6.07, 6.45) is -1.04. The molecule has 0 aliphatic heterocycles. The fraction of sp³-hybridized carbons (Fsp3) is 0.200. The quantitative estimate of drug-likeness (QED) is 0.633. The molecule has 1 atom stereocenters. The average Bonchev–Trinajstić information content (AvgIpc) is 3.01. The van der Waals surface area contributed by atoms with Crippen LogP contribution in [0, 0.1) is 5.82 Å². The highest BCUT2D eigenvalue weighted by Crippen LogP contribution is 2.25. The monoisotopic (exact) mass is 375 g/mol. The van der Waals surface area contributed by atoms with Gasteiger partial charge in [0.1, 0.15) is 5.82 Å². The molecule has 0 saturated carbocycles. The smallest absolute Gasteiger partial charge is 0.340 e. The van der Waals surface area contributed by atoms with Crippen LogP contribution in [0.3, 0.4) is 0 Å². The molecule has 0 bridgehead atoms. The van der Waals surface area contributed by atoms with Crippen molar-refractivity contribution in [2.75, 3.05) is 0 Å². The van der Waals surface area contributed by atoms with E-state index >= 15 is 0 Å². The third-order valence-corrected chi connectivity index (χ3v) is 4.38. The molecule has 0 radical (unpaired) electrons. The van der Waals surface area contributed by atoms with Crippen molar-refractivity contribution in [1.82, 2.24) is 5.32 Å². The lowest BCUT2D eigenvalue weighted by molar-refractivity contribution is -0.129. The van der Waals surface area contributed by atoms with Gasteiger partial charge >= 0.3 is 5.97 Å². The summed E-state index contributed by atoms with van der Waals surface area (Å²) in [7, 11) is 0. The Hall–Kier alpha value is -1.63. The molecule has 0 aliphatic carbocycles. The van der Waals surface area contributed by atoms with E-state index in [4.69, 9.17) is 27.9 Å². The average molecular weight is 376 g/mol. The van der Waals surface area contributed by atoms with Gasteiger partial charge in [0, 0.05) is 4.88 Å². The Morgan fingerprint density at radius 3 is 2.74 bits per heavy atom. The van der Waals surface area contributed by atoms with Crippen molar-refractivity contribution in [2.24, 2.45) is 0 Å². The van der Waals surface area contributed by atoms with Gasteiger partial charge in [-0.2, -0.15) is 0 Å². The van der Waals surface area contributed by atoms with E-state index < -0.39 is 23.8 Å². The summed E-state index contributed by atoms with van der Waals surface area (Å²) in [6.45, 7) is 1.76. The van der Waals surface area contributed by atoms with Crippen LogP contribution in [0.15, 0.2) is 29.6 Å². The number of hydrogen-bond donors (Lipinski definition) is 1. The zero-order valence-corrected chi connectivity index (χ0v) is 14.3. The van der Waals surface area contributed by atoms with E-state index in [0.29, 0.717) is 6.54 Å². The van der Waals surface area contributed by atoms with Crippen LogP contribution in [0.4, 0.5) is 4.39 Å². The molecule has 8 heteroatoms. The van der Waals surface area contributed by atoms with Crippen LogP contribution in [-0.2, 0) is 16.1 Å². The van der Waals surface area contributed by atoms with E-state index in [0.717, 1.165) is 17.0 Å². The zero-order chi connectivity index (χ0) is 17.0. The molecule has 1 aromatic heterocycles. The number of esters is 1. The lowest BCUT2D eigenvalue weighted by Crippen LogP contribution is -2.35. The highest BCUT2D eigenvalue weighted by atomic mass is 35.5. The first kappa shape index (κ1) is 17.7. The second-order valence-electron chi connectivity index (χ2n) is 4.59. The number of ether oxygens (including phenoxy) is 1. The normalized spacial score (nSPS) is 11.8. The number of carbonyl (C=O) groups is 2. The standard InChI is InChI=1S/C15H12Cl2FNO3S/c1-8(14(20)19-7-9-3-2-4-23-9)22-15(21)10-5-13(18)12(17)6-11(10)16/h2-6,8H,7H2,1H3,(H,19,20)/t8-/m0/s1. The van der Waals surface area contributed by atoms with Crippen molar-refractivity contribution in [1.29, 1.82) is 0 Å². The number of thiophene rings is 1. The predicted molar refractivity (Wildman–Crippen MR) is 87.5 cm³/mol. The molecule has 0 aliphatic rings. The van der Waals surface area contributed by atoms with E-state index in [1.165, 1.54) is 18.3 Å². The van der Waals surface area contributed by atoms with Crippen LogP contribution in [0.2, 0.25) is 10.0 Å². The Kier molecular flexibility index (Phi) is 5.98. The first-order valence-corrected chi connectivity index (χ1v) is 8.17. The van der Waals surface area contributed by atoms with Gasteiger partial charge in [-0.25, -0.2) is 9.18 Å². The minimum absolute atomic E-state index is 0.0485. The molecule has 0 unspecified atom stereocenters. The van der Waals surface area contributed by atoms with Crippen LogP contribution in [-0.4, -0.2) is 18.0 Å². The Balaban J connectivity index is 1.96. The Morgan fingerprint density at radius 1 is 1.35 bits per heavy atom. The van der Waals surface area contributed by atoms with E-state index in [9.17, 15) is 14.0 Å². The molecule has 4 nitrogen and oxygen atoms in total. The van der Waals surface area contributed by atoms with Gasteiger partial charge < -0.3 is 10.1 Å². The number of amides is 1. The van der Waals surface area contributed by atoms with Crippen molar-refractivity contribution < 1.29 is 18.7 Å². The molecule has 1 amide bonds. The second kappa shape index (κ2) is 7.77. The van der Waals surface area contributed by atoms with E-state index in [1.807, 2.05) is 17.5 Å². The third-order valence-electron chi connectivity index (χ3n) is 2.90. The highest BCUT2D eigenvalue weighted by Gasteiger charge is 2.21. The summed E-state index contributed by atoms with van der Waals surface area (Å²) in [5, 5.41) is 4.28. The van der Waals surface area contributed by atoms with Crippen LogP contribution in [0.5, 0.6) is 0 Å². The maximum atomic E-state index is 13.4. The largest absolute Gasteiger partial charge is 0.449 e. The van der Waals surface area contributed by atoms with Gasteiger partial charge in [0.05, 0.1) is 22.2 Å². The van der Waals surface area contributed by atoms with E-state index in [1.54, 1.807) is 0 Å². The topological polar surface area (TPSA) is 55.4 Å². The Labute approximate surface area is 146 Å². The number of hydrogen-bond acceptors (Lipinski definition) is 4. The number of halogens is 3. The molecule has 122 valence electrons. The van der Waals surface area contributed by atoms with Crippen molar-refractivity contribution in [3.8, 4) is 0 Å². The second-order valence-corrected chi connectivity index (χ2v) is 6.44. The van der Waals surface area contributed by atoms with E-state index in [2.05, 4.69) is 5.32 Å².